The maximum Gasteiger partial charge on any atom is 0.338 e. The molecule has 0 spiro atoms. The van der Waals surface area contributed by atoms with E-state index in [2.05, 4.69) is 0 Å². The molecule has 0 aromatic heterocycles. The van der Waals surface area contributed by atoms with Gasteiger partial charge in [0.15, 0.2) is 0 Å². The molecule has 4 aromatic carbocycles. The Morgan fingerprint density at radius 1 is 0.775 bits per heavy atom. The highest BCUT2D eigenvalue weighted by Crippen LogP contribution is 2.45. The number of hydrogen-bond acceptors (Lipinski definition) is 4. The Kier molecular flexibility index (Phi) is 7.68. The number of nitrogens with zero attached hydrogens (tertiary/aromatic N) is 1. The van der Waals surface area contributed by atoms with Crippen molar-refractivity contribution in [3.63, 3.8) is 0 Å². The van der Waals surface area contributed by atoms with Gasteiger partial charge in [0.05, 0.1) is 17.5 Å². The largest absolute Gasteiger partial charge is 0.508 e. The number of carbonyl (C=O) groups excluding carboxylic acids is 2. The summed E-state index contributed by atoms with van der Waals surface area (Å²) in [5.74, 6) is -2.58. The van der Waals surface area contributed by atoms with Gasteiger partial charge in [0, 0.05) is 5.69 Å². The van der Waals surface area contributed by atoms with Crippen LogP contribution >= 0.6 is 0 Å². The minimum Gasteiger partial charge on any atom is -0.508 e. The maximum absolute atomic E-state index is 13.6. The van der Waals surface area contributed by atoms with E-state index in [-0.39, 0.29) is 30.2 Å². The van der Waals surface area contributed by atoms with Crippen molar-refractivity contribution >= 4 is 23.1 Å². The molecule has 1 N–H and O–H groups in total. The number of amides is 1. The fourth-order valence-electron chi connectivity index (χ4n) is 4.73. The molecule has 1 fully saturated rings. The molecule has 5 nitrogen and oxygen atoms in total. The summed E-state index contributed by atoms with van der Waals surface area (Å²) in [6, 6.07) is 22.4. The number of esters is 1. The van der Waals surface area contributed by atoms with Gasteiger partial charge in [0.25, 0.3) is 0 Å². The van der Waals surface area contributed by atoms with E-state index in [1.165, 1.54) is 60.7 Å². The van der Waals surface area contributed by atoms with E-state index in [1.807, 2.05) is 0 Å². The first-order valence-corrected chi connectivity index (χ1v) is 12.6. The number of halogens is 3. The van der Waals surface area contributed by atoms with Gasteiger partial charge in [-0.2, -0.15) is 0 Å². The number of ether oxygens (including phenoxy) is 1. The zero-order valence-electron chi connectivity index (χ0n) is 21.1. The standard InChI is InChI=1S/C32H24F3NO4/c33-24-8-1-20(2-9-24)23(19-40-32(39)22-3-10-25(34)11-4-22)7-18-29-30(21-5-16-28(37)17-6-21)36(31(29)38)27-14-12-26(35)13-15-27/h1-17,29-30,37H,18-19H2/t29-,30-/m1/s1. The first kappa shape index (κ1) is 26.7. The van der Waals surface area contributed by atoms with Crippen molar-refractivity contribution in [3.05, 3.63) is 137 Å². The van der Waals surface area contributed by atoms with Crippen molar-refractivity contribution in [2.24, 2.45) is 5.92 Å². The van der Waals surface area contributed by atoms with Crippen molar-refractivity contribution < 1.29 is 32.6 Å². The third-order valence-corrected chi connectivity index (χ3v) is 6.83. The lowest BCUT2D eigenvalue weighted by atomic mass is 9.79. The number of phenolic OH excluding ortho intramolecular Hbond substituents is 1. The lowest BCUT2D eigenvalue weighted by Gasteiger charge is -2.47. The molecule has 0 unspecified atom stereocenters. The lowest BCUT2D eigenvalue weighted by Crippen LogP contribution is -2.55. The number of benzene rings is 4. The SMILES string of the molecule is O=C(OCC(=CC[C@H]1C(=O)N(c2ccc(F)cc2)[C@@H]1c1ccc(O)cc1)c1ccc(F)cc1)c1ccc(F)cc1. The van der Waals surface area contributed by atoms with E-state index < -0.39 is 35.4 Å². The molecule has 0 saturated carbocycles. The average Bonchev–Trinajstić information content (AvgIpc) is 2.96. The Morgan fingerprint density at radius 3 is 1.88 bits per heavy atom. The van der Waals surface area contributed by atoms with Crippen LogP contribution in [0.3, 0.4) is 0 Å². The third-order valence-electron chi connectivity index (χ3n) is 6.83. The molecule has 1 saturated heterocycles. The first-order valence-electron chi connectivity index (χ1n) is 12.6. The number of β-lactam (4-membered cyclic amide) rings is 1. The highest BCUT2D eigenvalue weighted by molar-refractivity contribution is 6.03. The summed E-state index contributed by atoms with van der Waals surface area (Å²) in [6.45, 7) is -0.158. The van der Waals surface area contributed by atoms with E-state index in [9.17, 15) is 27.9 Å². The van der Waals surface area contributed by atoms with Gasteiger partial charge >= 0.3 is 5.97 Å². The summed E-state index contributed by atoms with van der Waals surface area (Å²) in [7, 11) is 0. The van der Waals surface area contributed by atoms with Crippen LogP contribution in [0, 0.1) is 23.4 Å². The van der Waals surface area contributed by atoms with Crippen LogP contribution in [0.4, 0.5) is 18.9 Å². The van der Waals surface area contributed by atoms with Crippen LogP contribution in [0.1, 0.15) is 33.9 Å². The highest BCUT2D eigenvalue weighted by Gasteiger charge is 2.48. The molecule has 1 amide bonds. The number of carbonyl (C=O) groups is 2. The Labute approximate surface area is 228 Å². The van der Waals surface area contributed by atoms with Gasteiger partial charge in [-0.25, -0.2) is 18.0 Å². The summed E-state index contributed by atoms with van der Waals surface area (Å²) in [6.07, 6.45) is 2.05. The molecule has 5 rings (SSSR count). The van der Waals surface area contributed by atoms with Gasteiger partial charge in [0.1, 0.15) is 29.8 Å². The van der Waals surface area contributed by atoms with Crippen LogP contribution in [0.15, 0.2) is 103 Å². The molecule has 1 aliphatic heterocycles. The number of anilines is 1. The van der Waals surface area contributed by atoms with E-state index in [4.69, 9.17) is 4.74 Å². The first-order chi connectivity index (χ1) is 19.3. The smallest absolute Gasteiger partial charge is 0.338 e. The minimum absolute atomic E-state index is 0.0840. The molecule has 0 bridgehead atoms. The van der Waals surface area contributed by atoms with Crippen LogP contribution in [-0.4, -0.2) is 23.6 Å². The summed E-state index contributed by atoms with van der Waals surface area (Å²) >= 11 is 0. The van der Waals surface area contributed by atoms with E-state index in [0.29, 0.717) is 16.8 Å². The fourth-order valence-corrected chi connectivity index (χ4v) is 4.73. The van der Waals surface area contributed by atoms with Gasteiger partial charge < -0.3 is 14.7 Å². The van der Waals surface area contributed by atoms with Crippen LogP contribution < -0.4 is 4.90 Å². The zero-order chi connectivity index (χ0) is 28.2. The normalized spacial score (nSPS) is 16.9. The third kappa shape index (κ3) is 5.76. The van der Waals surface area contributed by atoms with Gasteiger partial charge in [-0.15, -0.1) is 0 Å². The second-order valence-electron chi connectivity index (χ2n) is 9.38. The van der Waals surface area contributed by atoms with E-state index >= 15 is 0 Å². The van der Waals surface area contributed by atoms with Crippen LogP contribution in [0.25, 0.3) is 5.57 Å². The van der Waals surface area contributed by atoms with Crippen molar-refractivity contribution in [1.82, 2.24) is 0 Å². The second kappa shape index (κ2) is 11.5. The summed E-state index contributed by atoms with van der Waals surface area (Å²) < 4.78 is 45.9. The highest BCUT2D eigenvalue weighted by atomic mass is 19.1. The quantitative estimate of drug-likeness (QED) is 0.195. The number of allylic oxidation sites excluding steroid dienone is 1. The van der Waals surface area contributed by atoms with Crippen molar-refractivity contribution in [3.8, 4) is 5.75 Å². The fraction of sp³-hybridized carbons (Fsp3) is 0.125. The van der Waals surface area contributed by atoms with Crippen LogP contribution in [-0.2, 0) is 9.53 Å². The van der Waals surface area contributed by atoms with Gasteiger partial charge in [-0.3, -0.25) is 4.79 Å². The predicted molar refractivity (Wildman–Crippen MR) is 144 cm³/mol. The van der Waals surface area contributed by atoms with E-state index in [0.717, 1.165) is 17.7 Å². The molecule has 1 heterocycles. The number of hydrogen-bond donors (Lipinski definition) is 1. The number of aromatic hydroxyl groups is 1. The van der Waals surface area contributed by atoms with E-state index in [1.54, 1.807) is 35.2 Å². The van der Waals surface area contributed by atoms with Gasteiger partial charge in [0.2, 0.25) is 5.91 Å². The number of phenols is 1. The average molecular weight is 544 g/mol. The molecule has 4 aromatic rings. The molecule has 40 heavy (non-hydrogen) atoms. The van der Waals surface area contributed by atoms with Crippen molar-refractivity contribution in [2.45, 2.75) is 12.5 Å². The summed E-state index contributed by atoms with van der Waals surface area (Å²) in [5.41, 5.74) is 2.67. The zero-order valence-corrected chi connectivity index (χ0v) is 21.1. The molecular weight excluding hydrogens is 519 g/mol. The Balaban J connectivity index is 1.41. The molecular formula is C32H24F3NO4. The monoisotopic (exact) mass is 543 g/mol. The Bertz CT molecular complexity index is 1530. The van der Waals surface area contributed by atoms with Gasteiger partial charge in [-0.05, 0) is 95.9 Å². The molecule has 8 heteroatoms. The lowest BCUT2D eigenvalue weighted by molar-refractivity contribution is -0.130. The maximum atomic E-state index is 13.6. The molecule has 2 atom stereocenters. The van der Waals surface area contributed by atoms with Crippen molar-refractivity contribution in [2.75, 3.05) is 11.5 Å². The van der Waals surface area contributed by atoms with Crippen LogP contribution in [0.2, 0.25) is 0 Å². The van der Waals surface area contributed by atoms with Gasteiger partial charge in [-0.1, -0.05) is 30.3 Å². The van der Waals surface area contributed by atoms with Crippen LogP contribution in [0.5, 0.6) is 5.75 Å². The molecule has 0 aliphatic carbocycles. The summed E-state index contributed by atoms with van der Waals surface area (Å²) in [4.78, 5) is 27.5. The topological polar surface area (TPSA) is 66.8 Å². The predicted octanol–water partition coefficient (Wildman–Crippen LogP) is 6.84. The Morgan fingerprint density at radius 2 is 1.30 bits per heavy atom. The summed E-state index contributed by atoms with van der Waals surface area (Å²) in [5, 5.41) is 9.76. The number of rotatable bonds is 8. The Hall–Kier alpha value is -4.85. The second-order valence-corrected chi connectivity index (χ2v) is 9.38. The van der Waals surface area contributed by atoms with Crippen molar-refractivity contribution in [1.29, 1.82) is 0 Å². The molecule has 1 aliphatic rings. The molecule has 0 radical (unpaired) electrons. The minimum atomic E-state index is -0.655. The molecule has 202 valence electrons.